The highest BCUT2D eigenvalue weighted by molar-refractivity contribution is 6.02. The summed E-state index contributed by atoms with van der Waals surface area (Å²) < 4.78 is 7.77. The second-order valence-electron chi connectivity index (χ2n) is 11.8. The van der Waals surface area contributed by atoms with Gasteiger partial charge >= 0.3 is 0 Å². The molecule has 8 nitrogen and oxygen atoms in total. The van der Waals surface area contributed by atoms with Crippen molar-refractivity contribution < 1.29 is 14.3 Å². The quantitative estimate of drug-likeness (QED) is 0.425. The van der Waals surface area contributed by atoms with Crippen LogP contribution in [0.4, 0.5) is 0 Å². The maximum Gasteiger partial charge on any atom is 0.267 e. The first-order chi connectivity index (χ1) is 20.3. The van der Waals surface area contributed by atoms with Crippen molar-refractivity contribution in [2.75, 3.05) is 27.2 Å². The molecule has 2 atom stereocenters. The molecule has 6 rings (SSSR count). The van der Waals surface area contributed by atoms with Crippen molar-refractivity contribution in [2.24, 2.45) is 5.73 Å². The number of pyridine rings is 1. The average molecular weight is 572 g/mol. The molecule has 8 heteroatoms. The fraction of sp³-hybridized carbons (Fsp3) is 0.500. The minimum atomic E-state index is -0.553. The molecule has 2 unspecified atom stereocenters. The van der Waals surface area contributed by atoms with Crippen LogP contribution in [0.15, 0.2) is 35.9 Å². The predicted molar refractivity (Wildman–Crippen MR) is 169 cm³/mol. The van der Waals surface area contributed by atoms with E-state index in [1.54, 1.807) is 13.2 Å². The number of likely N-dealkylation sites (N-methyl/N-ethyl adjacent to an activating group) is 1. The summed E-state index contributed by atoms with van der Waals surface area (Å²) in [5.41, 5.74) is 11.7. The third-order valence-corrected chi connectivity index (χ3v) is 9.31. The Morgan fingerprint density at radius 2 is 1.69 bits per heavy atom. The number of primary amides is 1. The zero-order valence-corrected chi connectivity index (χ0v) is 25.9. The van der Waals surface area contributed by atoms with Crippen LogP contribution in [0.2, 0.25) is 0 Å². The van der Waals surface area contributed by atoms with Gasteiger partial charge in [0.25, 0.3) is 11.8 Å². The summed E-state index contributed by atoms with van der Waals surface area (Å²) >= 11 is 0. The molecule has 0 bridgehead atoms. The molecule has 224 valence electrons. The number of carbonyl (C=O) groups is 2. The Hall–Kier alpha value is -3.65. The molecular weight excluding hydrogens is 526 g/mol. The fourth-order valence-electron chi connectivity index (χ4n) is 6.94. The topological polar surface area (TPSA) is 93.7 Å². The molecule has 1 aromatic carbocycles. The van der Waals surface area contributed by atoms with Gasteiger partial charge in [-0.1, -0.05) is 33.1 Å². The molecule has 0 spiro atoms. The minimum Gasteiger partial charge on any atom is -0.497 e. The Bertz CT molecular complexity index is 1510. The fourth-order valence-corrected chi connectivity index (χ4v) is 6.94. The number of piperazine rings is 1. The first-order valence-corrected chi connectivity index (χ1v) is 15.5. The number of methoxy groups -OCH3 is 1. The number of nitrogens with zero attached hydrogens (tertiary/aromatic N) is 4. The van der Waals surface area contributed by atoms with E-state index in [1.807, 2.05) is 43.0 Å². The number of hydrogen-bond donors (Lipinski definition) is 1. The van der Waals surface area contributed by atoms with E-state index in [9.17, 15) is 9.59 Å². The van der Waals surface area contributed by atoms with E-state index in [0.29, 0.717) is 36.8 Å². The van der Waals surface area contributed by atoms with Crippen molar-refractivity contribution in [3.05, 3.63) is 52.7 Å². The molecule has 2 aliphatic heterocycles. The first kappa shape index (κ1) is 29.8. The number of amides is 2. The van der Waals surface area contributed by atoms with Gasteiger partial charge in [0.1, 0.15) is 17.1 Å². The Kier molecular flexibility index (Phi) is 8.73. The lowest BCUT2D eigenvalue weighted by molar-refractivity contribution is -0.131. The number of fused-ring (bicyclic) bond motifs is 5. The lowest BCUT2D eigenvalue weighted by Gasteiger charge is -2.42. The standard InChI is InChI=1S/C32H39N5O3.C2H6/c1-19-16-36(17-20(2)35(19)3)32(39)23-14-22-15-24(40-4)10-11-25(22)29-28(21-8-6-5-7-9-21)26-12-13-27(30(33)38)34-31(26)37(29)18-23;1-2/h10-15,19-21H,5-9,16-18H2,1-4H3,(H2,33,38);1-2H3. The second-order valence-corrected chi connectivity index (χ2v) is 11.8. The van der Waals surface area contributed by atoms with Crippen LogP contribution in [0.1, 0.15) is 87.3 Å². The van der Waals surface area contributed by atoms with Gasteiger partial charge in [-0.3, -0.25) is 14.5 Å². The summed E-state index contributed by atoms with van der Waals surface area (Å²) in [5, 5.41) is 1.05. The van der Waals surface area contributed by atoms with E-state index >= 15 is 0 Å². The van der Waals surface area contributed by atoms with E-state index < -0.39 is 5.91 Å². The normalized spacial score (nSPS) is 21.0. The molecule has 3 aliphatic rings. The summed E-state index contributed by atoms with van der Waals surface area (Å²) in [6.07, 6.45) is 7.91. The van der Waals surface area contributed by atoms with Crippen LogP contribution in [-0.2, 0) is 11.3 Å². The number of carbonyl (C=O) groups excluding carboxylic acids is 2. The van der Waals surface area contributed by atoms with Gasteiger partial charge < -0.3 is 19.9 Å². The van der Waals surface area contributed by atoms with Crippen LogP contribution in [0.3, 0.4) is 0 Å². The van der Waals surface area contributed by atoms with E-state index in [0.717, 1.165) is 40.8 Å². The predicted octanol–water partition coefficient (Wildman–Crippen LogP) is 5.83. The molecule has 1 saturated heterocycles. The van der Waals surface area contributed by atoms with Crippen LogP contribution >= 0.6 is 0 Å². The van der Waals surface area contributed by atoms with Crippen molar-refractivity contribution in [2.45, 2.75) is 84.3 Å². The number of ether oxygens (including phenoxy) is 1. The molecule has 4 heterocycles. The Labute approximate surface area is 249 Å². The number of rotatable bonds is 4. The zero-order chi connectivity index (χ0) is 30.1. The van der Waals surface area contributed by atoms with Gasteiger partial charge in [0.2, 0.25) is 0 Å². The Morgan fingerprint density at radius 3 is 2.33 bits per heavy atom. The molecular formula is C34H45N5O3. The van der Waals surface area contributed by atoms with E-state index in [2.05, 4.69) is 36.4 Å². The minimum absolute atomic E-state index is 0.0422. The first-order valence-electron chi connectivity index (χ1n) is 15.5. The molecule has 42 heavy (non-hydrogen) atoms. The maximum absolute atomic E-state index is 14.2. The average Bonchev–Trinajstić information content (AvgIpc) is 3.22. The molecule has 1 saturated carbocycles. The summed E-state index contributed by atoms with van der Waals surface area (Å²) in [4.78, 5) is 35.5. The largest absolute Gasteiger partial charge is 0.497 e. The van der Waals surface area contributed by atoms with Crippen molar-refractivity contribution in [3.63, 3.8) is 0 Å². The van der Waals surface area contributed by atoms with Gasteiger partial charge in [0, 0.05) is 41.7 Å². The van der Waals surface area contributed by atoms with Crippen LogP contribution in [-0.4, -0.2) is 70.5 Å². The Balaban J connectivity index is 0.00000173. The molecule has 2 fully saturated rings. The van der Waals surface area contributed by atoms with Gasteiger partial charge in [-0.15, -0.1) is 0 Å². The van der Waals surface area contributed by atoms with E-state index in [1.165, 1.54) is 24.8 Å². The Morgan fingerprint density at radius 1 is 1.00 bits per heavy atom. The summed E-state index contributed by atoms with van der Waals surface area (Å²) in [6, 6.07) is 10.4. The third kappa shape index (κ3) is 5.33. The van der Waals surface area contributed by atoms with Gasteiger partial charge in [-0.25, -0.2) is 4.98 Å². The van der Waals surface area contributed by atoms with Crippen molar-refractivity contribution >= 4 is 28.9 Å². The summed E-state index contributed by atoms with van der Waals surface area (Å²) in [6.45, 7) is 10.1. The smallest absolute Gasteiger partial charge is 0.267 e. The monoisotopic (exact) mass is 571 g/mol. The van der Waals surface area contributed by atoms with Crippen LogP contribution in [0, 0.1) is 0 Å². The molecule has 2 amide bonds. The van der Waals surface area contributed by atoms with Crippen molar-refractivity contribution in [3.8, 4) is 17.0 Å². The van der Waals surface area contributed by atoms with Crippen molar-refractivity contribution in [1.82, 2.24) is 19.4 Å². The number of benzene rings is 1. The second kappa shape index (κ2) is 12.3. The number of nitrogens with two attached hydrogens (primary N) is 1. The number of hydrogen-bond acceptors (Lipinski definition) is 5. The van der Waals surface area contributed by atoms with Gasteiger partial charge in [0.05, 0.1) is 19.3 Å². The molecule has 2 aromatic heterocycles. The van der Waals surface area contributed by atoms with Crippen LogP contribution < -0.4 is 10.5 Å². The van der Waals surface area contributed by atoms with Gasteiger partial charge in [-0.05, 0) is 87.2 Å². The lowest BCUT2D eigenvalue weighted by atomic mass is 9.81. The summed E-state index contributed by atoms with van der Waals surface area (Å²) in [7, 11) is 3.79. The highest BCUT2D eigenvalue weighted by atomic mass is 16.5. The van der Waals surface area contributed by atoms with Crippen LogP contribution in [0.5, 0.6) is 5.75 Å². The highest BCUT2D eigenvalue weighted by Crippen LogP contribution is 2.46. The molecule has 2 N–H and O–H groups in total. The third-order valence-electron chi connectivity index (χ3n) is 9.31. The molecule has 1 aliphatic carbocycles. The lowest BCUT2D eigenvalue weighted by Crippen LogP contribution is -2.56. The summed E-state index contributed by atoms with van der Waals surface area (Å²) in [5.74, 6) is 0.630. The maximum atomic E-state index is 14.2. The molecule has 3 aromatic rings. The number of aromatic nitrogens is 2. The zero-order valence-electron chi connectivity index (χ0n) is 25.9. The SMILES string of the molecule is CC.COc1ccc2c(c1)C=C(C(=O)N1CC(C)N(C)C(C)C1)Cn1c-2c(C2CCCCC2)c2ccc(C(N)=O)nc21. The van der Waals surface area contributed by atoms with E-state index in [-0.39, 0.29) is 23.7 Å². The van der Waals surface area contributed by atoms with Crippen molar-refractivity contribution in [1.29, 1.82) is 0 Å². The molecule has 0 radical (unpaired) electrons. The highest BCUT2D eigenvalue weighted by Gasteiger charge is 2.34. The van der Waals surface area contributed by atoms with Gasteiger partial charge in [0.15, 0.2) is 0 Å². The van der Waals surface area contributed by atoms with Gasteiger partial charge in [-0.2, -0.15) is 0 Å². The van der Waals surface area contributed by atoms with E-state index in [4.69, 9.17) is 15.5 Å². The van der Waals surface area contributed by atoms with Crippen LogP contribution in [0.25, 0.3) is 28.4 Å².